The number of hydrogen-bond acceptors (Lipinski definition) is 6. The third-order valence-electron chi connectivity index (χ3n) is 4.15. The number of ether oxygens (including phenoxy) is 2. The van der Waals surface area contributed by atoms with Crippen LogP contribution in [0.25, 0.3) is 0 Å². The number of carboxylic acid groups (broad SMARTS) is 1. The Bertz CT molecular complexity index is 959. The first-order valence-electron chi connectivity index (χ1n) is 8.52. The van der Waals surface area contributed by atoms with Crippen molar-refractivity contribution in [2.24, 2.45) is 10.2 Å². The molecular formula is C20H19ClN2O4S. The molecule has 146 valence electrons. The number of fused-ring (bicyclic) bond motifs is 1. The van der Waals surface area contributed by atoms with Crippen molar-refractivity contribution in [1.82, 2.24) is 0 Å². The topological polar surface area (TPSA) is 80.5 Å². The Balaban J connectivity index is 2.07. The number of hydrogen-bond donors (Lipinski definition) is 1. The summed E-state index contributed by atoms with van der Waals surface area (Å²) < 4.78 is 10.9. The largest absolute Gasteiger partial charge is 0.493 e. The van der Waals surface area contributed by atoms with Crippen LogP contribution in [0, 0.1) is 0 Å². The van der Waals surface area contributed by atoms with E-state index in [-0.39, 0.29) is 6.42 Å². The molecule has 0 saturated carbocycles. The maximum Gasteiger partial charge on any atom is 0.304 e. The smallest absolute Gasteiger partial charge is 0.304 e. The molecule has 2 aromatic rings. The Hall–Kier alpha value is -2.51. The zero-order valence-electron chi connectivity index (χ0n) is 15.4. The minimum atomic E-state index is -0.836. The van der Waals surface area contributed by atoms with Gasteiger partial charge in [0, 0.05) is 28.3 Å². The van der Waals surface area contributed by atoms with Crippen LogP contribution in [0.2, 0.25) is 5.02 Å². The van der Waals surface area contributed by atoms with E-state index in [0.29, 0.717) is 34.4 Å². The van der Waals surface area contributed by atoms with Gasteiger partial charge in [-0.3, -0.25) is 4.79 Å². The normalized spacial score (nSPS) is 13.1. The molecule has 0 saturated heterocycles. The first-order valence-corrected chi connectivity index (χ1v) is 9.88. The van der Waals surface area contributed by atoms with Gasteiger partial charge in [-0.05, 0) is 29.8 Å². The van der Waals surface area contributed by atoms with Crippen LogP contribution >= 0.6 is 23.4 Å². The molecule has 0 spiro atoms. The number of nitrogens with zero attached hydrogens (tertiary/aromatic N) is 2. The number of methoxy groups -OCH3 is 2. The van der Waals surface area contributed by atoms with E-state index in [9.17, 15) is 4.79 Å². The maximum atomic E-state index is 10.8. The highest BCUT2D eigenvalue weighted by Gasteiger charge is 2.21. The molecule has 0 aliphatic carbocycles. The highest BCUT2D eigenvalue weighted by atomic mass is 35.5. The van der Waals surface area contributed by atoms with Gasteiger partial charge in [0.25, 0.3) is 0 Å². The van der Waals surface area contributed by atoms with E-state index in [2.05, 4.69) is 10.2 Å². The predicted octanol–water partition coefficient (Wildman–Crippen LogP) is 4.27. The molecule has 6 nitrogen and oxygen atoms in total. The molecule has 0 radical (unpaired) electrons. The summed E-state index contributed by atoms with van der Waals surface area (Å²) in [5.74, 6) is 0.803. The van der Waals surface area contributed by atoms with Crippen molar-refractivity contribution in [3.8, 4) is 11.5 Å². The molecular weight excluding hydrogens is 400 g/mol. The van der Waals surface area contributed by atoms with E-state index < -0.39 is 5.97 Å². The number of carboxylic acids is 1. The third kappa shape index (κ3) is 4.66. The summed E-state index contributed by atoms with van der Waals surface area (Å²) in [5, 5.41) is 19.1. The Morgan fingerprint density at radius 1 is 1.18 bits per heavy atom. The molecule has 2 aromatic carbocycles. The monoisotopic (exact) mass is 418 g/mol. The highest BCUT2D eigenvalue weighted by molar-refractivity contribution is 8.13. The SMILES string of the molecule is COc1cc2c(cc1OC)C(c1cccc(Cl)c1)=NN=C(SCCC(=O)O)C2. The van der Waals surface area contributed by atoms with Crippen LogP contribution in [0.5, 0.6) is 11.5 Å². The van der Waals surface area contributed by atoms with Crippen molar-refractivity contribution in [1.29, 1.82) is 0 Å². The van der Waals surface area contributed by atoms with Crippen molar-refractivity contribution in [3.05, 3.63) is 58.1 Å². The van der Waals surface area contributed by atoms with Crippen molar-refractivity contribution in [2.75, 3.05) is 20.0 Å². The van der Waals surface area contributed by atoms with E-state index in [1.165, 1.54) is 11.8 Å². The number of rotatable bonds is 6. The van der Waals surface area contributed by atoms with Crippen molar-refractivity contribution >= 4 is 40.1 Å². The van der Waals surface area contributed by atoms with Gasteiger partial charge >= 0.3 is 5.97 Å². The maximum absolute atomic E-state index is 10.8. The number of aliphatic carboxylic acids is 1. The highest BCUT2D eigenvalue weighted by Crippen LogP contribution is 2.34. The Kier molecular flexibility index (Phi) is 6.59. The standard InChI is InChI=1S/C20H19ClN2O4S/c1-26-16-9-13-10-18(28-7-6-19(24)25)22-23-20(15(13)11-17(16)27-2)12-4-3-5-14(21)8-12/h3-5,8-9,11H,6-7,10H2,1-2H3,(H,24,25). The van der Waals surface area contributed by atoms with Crippen molar-refractivity contribution < 1.29 is 19.4 Å². The average molecular weight is 419 g/mol. The summed E-state index contributed by atoms with van der Waals surface area (Å²) >= 11 is 7.56. The molecule has 0 unspecified atom stereocenters. The molecule has 0 amide bonds. The van der Waals surface area contributed by atoms with Crippen LogP contribution in [0.1, 0.15) is 23.1 Å². The van der Waals surface area contributed by atoms with Gasteiger partial charge in [0.1, 0.15) is 10.8 Å². The molecule has 0 aromatic heterocycles. The van der Waals surface area contributed by atoms with Crippen molar-refractivity contribution in [2.45, 2.75) is 12.8 Å². The van der Waals surface area contributed by atoms with Crippen LogP contribution < -0.4 is 9.47 Å². The van der Waals surface area contributed by atoms with E-state index in [0.717, 1.165) is 21.7 Å². The number of benzene rings is 2. The number of thioether (sulfide) groups is 1. The first-order chi connectivity index (χ1) is 13.5. The van der Waals surface area contributed by atoms with Gasteiger partial charge in [0.15, 0.2) is 11.5 Å². The molecule has 1 heterocycles. The van der Waals surface area contributed by atoms with Crippen LogP contribution in [0.15, 0.2) is 46.6 Å². The van der Waals surface area contributed by atoms with Gasteiger partial charge in [-0.1, -0.05) is 23.7 Å². The summed E-state index contributed by atoms with van der Waals surface area (Å²) in [6.07, 6.45) is 0.584. The van der Waals surface area contributed by atoms with E-state index in [1.54, 1.807) is 20.3 Å². The van der Waals surface area contributed by atoms with Crippen LogP contribution in [-0.4, -0.2) is 41.8 Å². The number of carbonyl (C=O) groups is 1. The van der Waals surface area contributed by atoms with Gasteiger partial charge in [-0.2, -0.15) is 0 Å². The molecule has 28 heavy (non-hydrogen) atoms. The van der Waals surface area contributed by atoms with Crippen LogP contribution in [0.3, 0.4) is 0 Å². The van der Waals surface area contributed by atoms with E-state index >= 15 is 0 Å². The van der Waals surface area contributed by atoms with E-state index in [4.69, 9.17) is 26.2 Å². The van der Waals surface area contributed by atoms with Crippen molar-refractivity contribution in [3.63, 3.8) is 0 Å². The summed E-state index contributed by atoms with van der Waals surface area (Å²) in [6.45, 7) is 0. The van der Waals surface area contributed by atoms with Crippen LogP contribution in [0.4, 0.5) is 0 Å². The minimum absolute atomic E-state index is 0.0628. The Labute approximate surface area is 172 Å². The second-order valence-electron chi connectivity index (χ2n) is 5.99. The van der Waals surface area contributed by atoms with Crippen LogP contribution in [-0.2, 0) is 11.2 Å². The lowest BCUT2D eigenvalue weighted by Gasteiger charge is -2.15. The Morgan fingerprint density at radius 3 is 2.61 bits per heavy atom. The molecule has 3 rings (SSSR count). The molecule has 1 N–H and O–H groups in total. The summed E-state index contributed by atoms with van der Waals surface area (Å²) in [6, 6.07) is 11.2. The number of halogens is 1. The van der Waals surface area contributed by atoms with Gasteiger partial charge in [-0.25, -0.2) is 0 Å². The summed E-state index contributed by atoms with van der Waals surface area (Å²) in [7, 11) is 3.17. The molecule has 1 aliphatic heterocycles. The zero-order chi connectivity index (χ0) is 20.1. The molecule has 0 atom stereocenters. The second kappa shape index (κ2) is 9.12. The molecule has 8 heteroatoms. The fraction of sp³-hybridized carbons (Fsp3) is 0.250. The summed E-state index contributed by atoms with van der Waals surface area (Å²) in [5.41, 5.74) is 3.35. The quantitative estimate of drug-likeness (QED) is 0.757. The van der Waals surface area contributed by atoms with Gasteiger partial charge < -0.3 is 14.6 Å². The second-order valence-corrected chi connectivity index (χ2v) is 7.59. The molecule has 0 bridgehead atoms. The van der Waals surface area contributed by atoms with Gasteiger partial charge in [0.2, 0.25) is 0 Å². The molecule has 1 aliphatic rings. The average Bonchev–Trinajstić information content (AvgIpc) is 2.85. The van der Waals surface area contributed by atoms with Gasteiger partial charge in [0.05, 0.1) is 20.6 Å². The fourth-order valence-electron chi connectivity index (χ4n) is 2.83. The first kappa shape index (κ1) is 20.2. The lowest BCUT2D eigenvalue weighted by Crippen LogP contribution is -2.08. The third-order valence-corrected chi connectivity index (χ3v) is 5.35. The van der Waals surface area contributed by atoms with E-state index in [1.807, 2.05) is 30.3 Å². The zero-order valence-corrected chi connectivity index (χ0v) is 17.0. The Morgan fingerprint density at radius 2 is 1.93 bits per heavy atom. The predicted molar refractivity (Wildman–Crippen MR) is 112 cm³/mol. The minimum Gasteiger partial charge on any atom is -0.493 e. The fourth-order valence-corrected chi connectivity index (χ4v) is 3.89. The lowest BCUT2D eigenvalue weighted by atomic mass is 9.95. The summed E-state index contributed by atoms with van der Waals surface area (Å²) in [4.78, 5) is 10.8. The molecule has 0 fully saturated rings. The van der Waals surface area contributed by atoms with Gasteiger partial charge in [-0.15, -0.1) is 22.0 Å². The lowest BCUT2D eigenvalue weighted by molar-refractivity contribution is -0.136.